The van der Waals surface area contributed by atoms with Crippen molar-refractivity contribution >= 4 is 41.5 Å². The Morgan fingerprint density at radius 3 is 2.79 bits per heavy atom. The quantitative estimate of drug-likeness (QED) is 0.351. The molecule has 2 N–H and O–H groups in total. The maximum atomic E-state index is 12.4. The van der Waals surface area contributed by atoms with Crippen molar-refractivity contribution in [1.29, 1.82) is 0 Å². The Bertz CT molecular complexity index is 749. The Labute approximate surface area is 183 Å². The molecule has 0 bridgehead atoms. The van der Waals surface area contributed by atoms with E-state index in [1.54, 1.807) is 6.20 Å². The molecule has 28 heavy (non-hydrogen) atoms. The van der Waals surface area contributed by atoms with Crippen LogP contribution in [0.3, 0.4) is 0 Å². The van der Waals surface area contributed by atoms with Crippen LogP contribution >= 0.6 is 24.0 Å². The van der Waals surface area contributed by atoms with E-state index in [9.17, 15) is 4.79 Å². The maximum Gasteiger partial charge on any atom is 0.229 e. The number of halogens is 1. The van der Waals surface area contributed by atoms with Crippen molar-refractivity contribution in [3.8, 4) is 0 Å². The van der Waals surface area contributed by atoms with Gasteiger partial charge in [-0.05, 0) is 31.0 Å². The van der Waals surface area contributed by atoms with Crippen molar-refractivity contribution in [2.24, 2.45) is 10.9 Å². The zero-order chi connectivity index (χ0) is 19.1. The lowest BCUT2D eigenvalue weighted by molar-refractivity contribution is -0.117. The van der Waals surface area contributed by atoms with E-state index >= 15 is 0 Å². The lowest BCUT2D eigenvalue weighted by Crippen LogP contribution is -2.44. The number of aliphatic imine (C=N–C) groups is 1. The van der Waals surface area contributed by atoms with Gasteiger partial charge in [-0.2, -0.15) is 5.10 Å². The summed E-state index contributed by atoms with van der Waals surface area (Å²) in [6.45, 7) is 7.15. The van der Waals surface area contributed by atoms with Crippen LogP contribution in [-0.2, 0) is 11.3 Å². The van der Waals surface area contributed by atoms with Gasteiger partial charge in [0.1, 0.15) is 0 Å². The average molecular weight is 496 g/mol. The Morgan fingerprint density at radius 1 is 1.32 bits per heavy atom. The number of aromatic nitrogens is 2. The molecule has 1 aliphatic rings. The summed E-state index contributed by atoms with van der Waals surface area (Å²) in [5, 5.41) is 10.9. The van der Waals surface area contributed by atoms with Crippen molar-refractivity contribution in [1.82, 2.24) is 20.4 Å². The van der Waals surface area contributed by atoms with Gasteiger partial charge >= 0.3 is 0 Å². The fourth-order valence-corrected chi connectivity index (χ4v) is 3.21. The number of carbonyl (C=O) groups is 1. The van der Waals surface area contributed by atoms with Gasteiger partial charge in [0.25, 0.3) is 0 Å². The van der Waals surface area contributed by atoms with Gasteiger partial charge < -0.3 is 15.5 Å². The highest BCUT2D eigenvalue weighted by Crippen LogP contribution is 2.20. The van der Waals surface area contributed by atoms with Crippen LogP contribution < -0.4 is 15.5 Å². The molecule has 152 valence electrons. The minimum Gasteiger partial charge on any atom is -0.357 e. The molecular weight excluding hydrogens is 467 g/mol. The number of amides is 1. The highest BCUT2D eigenvalue weighted by molar-refractivity contribution is 14.0. The Balaban J connectivity index is 0.00000280. The molecule has 0 spiro atoms. The van der Waals surface area contributed by atoms with Gasteiger partial charge in [-0.25, -0.2) is 0 Å². The van der Waals surface area contributed by atoms with Crippen molar-refractivity contribution in [2.75, 3.05) is 24.5 Å². The fourth-order valence-electron chi connectivity index (χ4n) is 3.21. The summed E-state index contributed by atoms with van der Waals surface area (Å²) < 4.78 is 1.92. The van der Waals surface area contributed by atoms with Gasteiger partial charge in [0.15, 0.2) is 5.96 Å². The van der Waals surface area contributed by atoms with Crippen molar-refractivity contribution in [2.45, 2.75) is 32.9 Å². The molecule has 1 aliphatic heterocycles. The van der Waals surface area contributed by atoms with Crippen LogP contribution in [0.25, 0.3) is 0 Å². The maximum absolute atomic E-state index is 12.4. The van der Waals surface area contributed by atoms with Crippen LogP contribution in [0.15, 0.2) is 53.8 Å². The predicted octanol–water partition coefficient (Wildman–Crippen LogP) is 2.50. The number of hydrogen-bond acceptors (Lipinski definition) is 3. The summed E-state index contributed by atoms with van der Waals surface area (Å²) in [6.07, 6.45) is 4.23. The number of benzene rings is 1. The zero-order valence-electron chi connectivity index (χ0n) is 16.4. The number of guanidine groups is 1. The number of para-hydroxylation sites is 1. The van der Waals surface area contributed by atoms with E-state index in [1.165, 1.54) is 0 Å². The lowest BCUT2D eigenvalue weighted by atomic mass is 10.2. The molecule has 2 atom stereocenters. The van der Waals surface area contributed by atoms with Gasteiger partial charge in [-0.1, -0.05) is 25.1 Å². The van der Waals surface area contributed by atoms with Crippen molar-refractivity contribution in [3.05, 3.63) is 48.8 Å². The molecule has 1 amide bonds. The first-order valence-corrected chi connectivity index (χ1v) is 9.53. The Kier molecular flexibility index (Phi) is 8.75. The monoisotopic (exact) mass is 496 g/mol. The molecule has 0 saturated carbocycles. The van der Waals surface area contributed by atoms with E-state index in [1.807, 2.05) is 59.1 Å². The first-order valence-electron chi connectivity index (χ1n) is 9.53. The second-order valence-electron chi connectivity index (χ2n) is 6.94. The second kappa shape index (κ2) is 11.0. The second-order valence-corrected chi connectivity index (χ2v) is 6.94. The topological polar surface area (TPSA) is 74.5 Å². The average Bonchev–Trinajstić information content (AvgIpc) is 3.30. The molecule has 2 heterocycles. The van der Waals surface area contributed by atoms with Gasteiger partial charge in [0, 0.05) is 50.7 Å². The van der Waals surface area contributed by atoms with E-state index in [-0.39, 0.29) is 35.9 Å². The first-order chi connectivity index (χ1) is 13.2. The summed E-state index contributed by atoms with van der Waals surface area (Å²) >= 11 is 0. The van der Waals surface area contributed by atoms with Crippen LogP contribution in [0.1, 0.15) is 20.3 Å². The molecule has 2 unspecified atom stereocenters. The predicted molar refractivity (Wildman–Crippen MR) is 123 cm³/mol. The van der Waals surface area contributed by atoms with E-state index in [0.29, 0.717) is 25.4 Å². The summed E-state index contributed by atoms with van der Waals surface area (Å²) in [5.74, 6) is 1.27. The highest BCUT2D eigenvalue weighted by Gasteiger charge is 2.31. The van der Waals surface area contributed by atoms with Crippen LogP contribution in [0.4, 0.5) is 5.69 Å². The number of rotatable bonds is 7. The van der Waals surface area contributed by atoms with E-state index in [4.69, 9.17) is 4.99 Å². The minimum atomic E-state index is 0. The van der Waals surface area contributed by atoms with Crippen molar-refractivity contribution < 1.29 is 4.79 Å². The molecule has 0 radical (unpaired) electrons. The summed E-state index contributed by atoms with van der Waals surface area (Å²) in [6, 6.07) is 11.8. The third-order valence-corrected chi connectivity index (χ3v) is 4.50. The number of hydrogen-bond donors (Lipinski definition) is 2. The van der Waals surface area contributed by atoms with Crippen LogP contribution in [0.5, 0.6) is 0 Å². The van der Waals surface area contributed by atoms with E-state index < -0.39 is 0 Å². The van der Waals surface area contributed by atoms with Gasteiger partial charge in [-0.3, -0.25) is 14.5 Å². The normalized spacial score (nSPS) is 17.9. The van der Waals surface area contributed by atoms with Gasteiger partial charge in [0.2, 0.25) is 5.91 Å². The largest absolute Gasteiger partial charge is 0.357 e. The third-order valence-electron chi connectivity index (χ3n) is 4.50. The molecule has 1 saturated heterocycles. The summed E-state index contributed by atoms with van der Waals surface area (Å²) in [4.78, 5) is 18.9. The number of anilines is 1. The Morgan fingerprint density at radius 2 is 2.11 bits per heavy atom. The molecule has 2 aromatic rings. The van der Waals surface area contributed by atoms with Gasteiger partial charge in [0.05, 0.1) is 6.04 Å². The molecule has 0 aliphatic carbocycles. The van der Waals surface area contributed by atoms with Gasteiger partial charge in [-0.15, -0.1) is 24.0 Å². The van der Waals surface area contributed by atoms with E-state index in [0.717, 1.165) is 24.7 Å². The number of nitrogens with one attached hydrogen (secondary N) is 2. The van der Waals surface area contributed by atoms with Crippen molar-refractivity contribution in [3.63, 3.8) is 0 Å². The smallest absolute Gasteiger partial charge is 0.229 e. The summed E-state index contributed by atoms with van der Waals surface area (Å²) in [7, 11) is 0. The third kappa shape index (κ3) is 6.22. The van der Waals surface area contributed by atoms with E-state index in [2.05, 4.69) is 22.7 Å². The van der Waals surface area contributed by atoms with Crippen LogP contribution in [-0.4, -0.2) is 47.3 Å². The molecule has 1 aromatic heterocycles. The number of carbonyl (C=O) groups excluding carboxylic acids is 1. The molecule has 1 fully saturated rings. The molecule has 8 heteroatoms. The SMILES string of the molecule is CCNC(=NCC(C)Cn1cccn1)NC1CC(=O)N(c2ccccc2)C1.I. The highest BCUT2D eigenvalue weighted by atomic mass is 127. The molecular formula is C20H29IN6O. The standard InChI is InChI=1S/C20H28N6O.HI/c1-3-21-20(22-13-16(2)14-25-11-7-10-23-25)24-17-12-19(27)26(15-17)18-8-5-4-6-9-18;/h4-11,16-17H,3,12-15H2,1-2H3,(H2,21,22,24);1H. The molecule has 1 aromatic carbocycles. The minimum absolute atomic E-state index is 0. The molecule has 3 rings (SSSR count). The van der Waals surface area contributed by atoms with Crippen LogP contribution in [0.2, 0.25) is 0 Å². The number of nitrogens with zero attached hydrogens (tertiary/aromatic N) is 4. The molecule has 7 nitrogen and oxygen atoms in total. The lowest BCUT2D eigenvalue weighted by Gasteiger charge is -2.19. The first kappa shape index (κ1) is 22.2. The van der Waals surface area contributed by atoms with Crippen LogP contribution in [0, 0.1) is 5.92 Å². The fraction of sp³-hybridized carbons (Fsp3) is 0.450. The Hall–Kier alpha value is -2.10. The zero-order valence-corrected chi connectivity index (χ0v) is 18.7. The summed E-state index contributed by atoms with van der Waals surface area (Å²) in [5.41, 5.74) is 0.946.